The van der Waals surface area contributed by atoms with Crippen LogP contribution in [-0.4, -0.2) is 42.2 Å². The fourth-order valence-corrected chi connectivity index (χ4v) is 0.981. The Morgan fingerprint density at radius 2 is 1.52 bits per heavy atom. The number of carboxylic acid groups (broad SMARTS) is 1. The summed E-state index contributed by atoms with van der Waals surface area (Å²) in [5.41, 5.74) is -0.238. The molecule has 0 aliphatic carbocycles. The monoisotopic (exact) mass is 352 g/mol. The average Bonchev–Trinajstić information content (AvgIpc) is 2.54. The molecule has 0 aromatic heterocycles. The van der Waals surface area contributed by atoms with Gasteiger partial charge in [-0.15, -0.1) is 0 Å². The van der Waals surface area contributed by atoms with Crippen molar-refractivity contribution in [2.45, 2.75) is 6.92 Å². The van der Waals surface area contributed by atoms with Gasteiger partial charge in [-0.3, -0.25) is 4.79 Å². The van der Waals surface area contributed by atoms with Crippen molar-refractivity contribution >= 4 is 23.9 Å². The lowest BCUT2D eigenvalue weighted by Crippen LogP contribution is -2.10. The van der Waals surface area contributed by atoms with E-state index in [1.54, 1.807) is 0 Å². The van der Waals surface area contributed by atoms with Crippen LogP contribution < -0.4 is 0 Å². The fraction of sp³-hybridized carbons (Fsp3) is 0.176. The predicted molar refractivity (Wildman–Crippen MR) is 89.1 cm³/mol. The minimum absolute atomic E-state index is 0.0209. The first-order valence-electron chi connectivity index (χ1n) is 6.74. The quantitative estimate of drug-likeness (QED) is 0.166. The number of ether oxygens (including phenoxy) is 3. The second-order valence-electron chi connectivity index (χ2n) is 3.85. The number of carbonyl (C=O) groups is 4. The third-order valence-corrected chi connectivity index (χ3v) is 1.84. The molecule has 0 aliphatic rings. The first kappa shape index (κ1) is 23.8. The highest BCUT2D eigenvalue weighted by atomic mass is 16.5. The zero-order valence-corrected chi connectivity index (χ0v) is 13.8. The van der Waals surface area contributed by atoms with Crippen molar-refractivity contribution in [3.8, 4) is 0 Å². The topological polar surface area (TPSA) is 116 Å². The molecule has 0 unspecified atom stereocenters. The number of esters is 3. The molecule has 0 rings (SSSR count). The summed E-state index contributed by atoms with van der Waals surface area (Å²) < 4.78 is 13.5. The van der Waals surface area contributed by atoms with Crippen molar-refractivity contribution in [1.29, 1.82) is 0 Å². The molecule has 8 heteroatoms. The van der Waals surface area contributed by atoms with Crippen molar-refractivity contribution in [2.75, 3.05) is 13.2 Å². The van der Waals surface area contributed by atoms with Crippen LogP contribution in [0, 0.1) is 0 Å². The number of carbonyl (C=O) groups excluding carboxylic acids is 3. The first-order chi connectivity index (χ1) is 11.8. The molecule has 0 aromatic rings. The SMILES string of the molecule is C=CCOC(=O)/C=C(/C=CC(=O)O)C(=O)OCC=C.C=COC(C)=O. The van der Waals surface area contributed by atoms with Gasteiger partial charge in [-0.25, -0.2) is 14.4 Å². The molecule has 0 heterocycles. The van der Waals surface area contributed by atoms with Crippen molar-refractivity contribution in [3.63, 3.8) is 0 Å². The molecule has 0 amide bonds. The molecular formula is C17H20O8. The van der Waals surface area contributed by atoms with E-state index in [1.165, 1.54) is 19.1 Å². The van der Waals surface area contributed by atoms with E-state index in [9.17, 15) is 19.2 Å². The smallest absolute Gasteiger partial charge is 0.338 e. The summed E-state index contributed by atoms with van der Waals surface area (Å²) in [7, 11) is 0. The molecule has 0 spiro atoms. The van der Waals surface area contributed by atoms with Gasteiger partial charge in [-0.05, 0) is 6.08 Å². The molecule has 0 atom stereocenters. The standard InChI is InChI=1S/C13H14O6.C4H6O2/c1-3-7-18-12(16)9-10(5-6-11(14)15)13(17)19-8-4-2;1-3-6-4(2)5/h3-6,9H,1-2,7-8H2,(H,14,15);3H,1H2,2H3/b6-5?,10-9-;. The first-order valence-corrected chi connectivity index (χ1v) is 6.74. The predicted octanol–water partition coefficient (Wildman–Crippen LogP) is 1.71. The van der Waals surface area contributed by atoms with Crippen LogP contribution in [-0.2, 0) is 33.4 Å². The molecule has 0 saturated carbocycles. The molecular weight excluding hydrogens is 332 g/mol. The minimum Gasteiger partial charge on any atom is -0.478 e. The van der Waals surface area contributed by atoms with Crippen LogP contribution in [0.15, 0.2) is 62.0 Å². The molecule has 1 N–H and O–H groups in total. The lowest BCUT2D eigenvalue weighted by Gasteiger charge is -2.02. The molecule has 8 nitrogen and oxygen atoms in total. The third-order valence-electron chi connectivity index (χ3n) is 1.84. The maximum absolute atomic E-state index is 11.5. The van der Waals surface area contributed by atoms with Crippen molar-refractivity contribution in [1.82, 2.24) is 0 Å². The Labute approximate surface area is 145 Å². The summed E-state index contributed by atoms with van der Waals surface area (Å²) in [6, 6.07) is 0. The Morgan fingerprint density at radius 3 is 1.92 bits per heavy atom. The van der Waals surface area contributed by atoms with Gasteiger partial charge in [0.25, 0.3) is 0 Å². The van der Waals surface area contributed by atoms with E-state index in [2.05, 4.69) is 29.2 Å². The van der Waals surface area contributed by atoms with E-state index < -0.39 is 17.9 Å². The van der Waals surface area contributed by atoms with E-state index in [0.29, 0.717) is 6.08 Å². The summed E-state index contributed by atoms with van der Waals surface area (Å²) in [6.45, 7) is 11.1. The number of hydrogen-bond donors (Lipinski definition) is 1. The second-order valence-corrected chi connectivity index (χ2v) is 3.85. The molecule has 0 fully saturated rings. The number of aliphatic carboxylic acids is 1. The number of rotatable bonds is 9. The lowest BCUT2D eigenvalue weighted by molar-refractivity contribution is -0.139. The van der Waals surface area contributed by atoms with E-state index >= 15 is 0 Å². The van der Waals surface area contributed by atoms with E-state index in [0.717, 1.165) is 18.4 Å². The third kappa shape index (κ3) is 16.8. The zero-order valence-electron chi connectivity index (χ0n) is 13.8. The van der Waals surface area contributed by atoms with Crippen LogP contribution in [0.4, 0.5) is 0 Å². The van der Waals surface area contributed by atoms with Gasteiger partial charge >= 0.3 is 23.9 Å². The normalized spacial score (nSPS) is 9.88. The van der Waals surface area contributed by atoms with Gasteiger partial charge < -0.3 is 19.3 Å². The maximum atomic E-state index is 11.5. The summed E-state index contributed by atoms with van der Waals surface area (Å²) in [5, 5.41) is 8.48. The van der Waals surface area contributed by atoms with Crippen LogP contribution in [0.2, 0.25) is 0 Å². The van der Waals surface area contributed by atoms with Gasteiger partial charge in [0.1, 0.15) is 13.2 Å². The highest BCUT2D eigenvalue weighted by Crippen LogP contribution is 2.02. The minimum atomic E-state index is -1.26. The summed E-state index contributed by atoms with van der Waals surface area (Å²) in [4.78, 5) is 42.9. The lowest BCUT2D eigenvalue weighted by atomic mass is 10.2. The molecule has 0 radical (unpaired) electrons. The molecule has 0 aliphatic heterocycles. The number of carboxylic acids is 1. The van der Waals surface area contributed by atoms with Gasteiger partial charge in [0.2, 0.25) is 0 Å². The Bertz CT molecular complexity index is 569. The average molecular weight is 352 g/mol. The van der Waals surface area contributed by atoms with Gasteiger partial charge in [-0.2, -0.15) is 0 Å². The van der Waals surface area contributed by atoms with Crippen LogP contribution in [0.25, 0.3) is 0 Å². The number of hydrogen-bond acceptors (Lipinski definition) is 7. The van der Waals surface area contributed by atoms with E-state index in [4.69, 9.17) is 9.84 Å². The summed E-state index contributed by atoms with van der Waals surface area (Å²) in [5.74, 6) is -3.25. The molecule has 25 heavy (non-hydrogen) atoms. The molecule has 136 valence electrons. The van der Waals surface area contributed by atoms with Crippen LogP contribution in [0.1, 0.15) is 6.92 Å². The molecule has 0 aromatic carbocycles. The van der Waals surface area contributed by atoms with Crippen molar-refractivity contribution < 1.29 is 38.5 Å². The fourth-order valence-electron chi connectivity index (χ4n) is 0.981. The van der Waals surface area contributed by atoms with Crippen LogP contribution in [0.3, 0.4) is 0 Å². The second kappa shape index (κ2) is 15.5. The van der Waals surface area contributed by atoms with Crippen molar-refractivity contribution in [2.24, 2.45) is 0 Å². The summed E-state index contributed by atoms with van der Waals surface area (Å²) in [6.07, 6.45) is 6.29. The largest absolute Gasteiger partial charge is 0.478 e. The van der Waals surface area contributed by atoms with E-state index in [1.807, 2.05) is 0 Å². The van der Waals surface area contributed by atoms with Gasteiger partial charge in [0, 0.05) is 19.1 Å². The Morgan fingerprint density at radius 1 is 0.960 bits per heavy atom. The highest BCUT2D eigenvalue weighted by Gasteiger charge is 2.11. The Hall–Kier alpha value is -3.42. The van der Waals surface area contributed by atoms with Gasteiger partial charge in [-0.1, -0.05) is 31.9 Å². The van der Waals surface area contributed by atoms with Gasteiger partial charge in [0.15, 0.2) is 0 Å². The van der Waals surface area contributed by atoms with Gasteiger partial charge in [0.05, 0.1) is 11.8 Å². The molecule has 0 saturated heterocycles. The van der Waals surface area contributed by atoms with Crippen LogP contribution in [0.5, 0.6) is 0 Å². The Kier molecular flexibility index (Phi) is 14.8. The van der Waals surface area contributed by atoms with E-state index in [-0.39, 0.29) is 24.8 Å². The maximum Gasteiger partial charge on any atom is 0.338 e. The van der Waals surface area contributed by atoms with Crippen LogP contribution >= 0.6 is 0 Å². The van der Waals surface area contributed by atoms with Crippen molar-refractivity contribution in [3.05, 3.63) is 62.0 Å². The summed E-state index contributed by atoms with van der Waals surface area (Å²) >= 11 is 0. The molecule has 0 bridgehead atoms. The zero-order chi connectivity index (χ0) is 19.7. The Balaban J connectivity index is 0. The highest BCUT2D eigenvalue weighted by molar-refractivity contribution is 5.99.